The third-order valence-electron chi connectivity index (χ3n) is 6.19. The van der Waals surface area contributed by atoms with Crippen molar-refractivity contribution < 1.29 is 18.7 Å². The van der Waals surface area contributed by atoms with Crippen molar-refractivity contribution in [3.8, 4) is 5.75 Å². The first kappa shape index (κ1) is 24.8. The fourth-order valence-corrected chi connectivity index (χ4v) is 4.08. The van der Waals surface area contributed by atoms with Gasteiger partial charge >= 0.3 is 17.8 Å². The summed E-state index contributed by atoms with van der Waals surface area (Å²) >= 11 is 0. The van der Waals surface area contributed by atoms with Gasteiger partial charge in [0.05, 0.1) is 0 Å². The van der Waals surface area contributed by atoms with Crippen LogP contribution in [-0.4, -0.2) is 53.1 Å². The lowest BCUT2D eigenvalue weighted by Gasteiger charge is -2.35. The lowest BCUT2D eigenvalue weighted by Crippen LogP contribution is -2.48. The van der Waals surface area contributed by atoms with Gasteiger partial charge < -0.3 is 29.6 Å². The Bertz CT molecular complexity index is 1360. The van der Waals surface area contributed by atoms with Gasteiger partial charge in [-0.2, -0.15) is 0 Å². The topological polar surface area (TPSA) is 113 Å². The summed E-state index contributed by atoms with van der Waals surface area (Å²) < 4.78 is 11.3. The molecule has 3 aromatic carbocycles. The molecule has 10 heteroatoms. The zero-order chi connectivity index (χ0) is 26.3. The van der Waals surface area contributed by atoms with Gasteiger partial charge in [-0.15, -0.1) is 5.10 Å². The molecule has 10 nitrogen and oxygen atoms in total. The maximum atomic E-state index is 12.6. The van der Waals surface area contributed by atoms with Crippen LogP contribution >= 0.6 is 0 Å². The molecule has 2 amide bonds. The highest BCUT2D eigenvalue weighted by Crippen LogP contribution is 2.22. The largest absolute Gasteiger partial charge is 0.489 e. The van der Waals surface area contributed by atoms with Crippen LogP contribution in [0.2, 0.25) is 0 Å². The second-order valence-corrected chi connectivity index (χ2v) is 8.83. The lowest BCUT2D eigenvalue weighted by atomic mass is 10.2. The van der Waals surface area contributed by atoms with Crippen molar-refractivity contribution in [2.75, 3.05) is 41.7 Å². The molecule has 0 aliphatic carbocycles. The zero-order valence-electron chi connectivity index (χ0n) is 21.0. The number of amides is 2. The summed E-state index contributed by atoms with van der Waals surface area (Å²) in [5, 5.41) is 13.5. The Morgan fingerprint density at radius 2 is 1.55 bits per heavy atom. The molecule has 2 heterocycles. The number of ether oxygens (including phenoxy) is 1. The Morgan fingerprint density at radius 3 is 2.24 bits per heavy atom. The van der Waals surface area contributed by atoms with Crippen molar-refractivity contribution in [3.05, 3.63) is 90.3 Å². The summed E-state index contributed by atoms with van der Waals surface area (Å²) in [5.74, 6) is 0.177. The van der Waals surface area contributed by atoms with E-state index in [0.717, 1.165) is 30.1 Å². The highest BCUT2D eigenvalue weighted by Gasteiger charge is 2.19. The van der Waals surface area contributed by atoms with E-state index < -0.39 is 5.91 Å². The van der Waals surface area contributed by atoms with E-state index in [9.17, 15) is 9.59 Å². The minimum absolute atomic E-state index is 0.101. The molecule has 194 valence electrons. The van der Waals surface area contributed by atoms with Crippen molar-refractivity contribution in [1.29, 1.82) is 0 Å². The molecule has 1 fully saturated rings. The molecule has 0 unspecified atom stereocenters. The number of rotatable bonds is 8. The molecular formula is C28H28N6O4. The highest BCUT2D eigenvalue weighted by atomic mass is 16.5. The van der Waals surface area contributed by atoms with Crippen molar-refractivity contribution in [2.24, 2.45) is 0 Å². The van der Waals surface area contributed by atoms with Gasteiger partial charge in [0.2, 0.25) is 5.91 Å². The highest BCUT2D eigenvalue weighted by molar-refractivity contribution is 6.01. The lowest BCUT2D eigenvalue weighted by molar-refractivity contribution is -0.129. The number of piperazine rings is 1. The SMILES string of the molecule is CC(=O)N1CCN(c2ccc(NC(=O)c3nnc(Nc4ccc(OCc5ccccc5)cc4)o3)cc2)CC1. The monoisotopic (exact) mass is 512 g/mol. The molecule has 0 radical (unpaired) electrons. The van der Waals surface area contributed by atoms with Gasteiger partial charge in [0, 0.05) is 50.2 Å². The van der Waals surface area contributed by atoms with Crippen LogP contribution in [0.1, 0.15) is 23.2 Å². The predicted molar refractivity (Wildman–Crippen MR) is 144 cm³/mol. The van der Waals surface area contributed by atoms with Crippen LogP contribution in [0.25, 0.3) is 0 Å². The minimum Gasteiger partial charge on any atom is -0.489 e. The molecule has 4 aromatic rings. The van der Waals surface area contributed by atoms with Gasteiger partial charge in [0.25, 0.3) is 0 Å². The average Bonchev–Trinajstić information content (AvgIpc) is 3.42. The standard InChI is InChI=1S/C28H28N6O4/c1-20(35)33-15-17-34(18-16-33)24-11-7-22(8-12-24)29-26(36)27-31-32-28(38-27)30-23-9-13-25(14-10-23)37-19-21-5-3-2-4-6-21/h2-14H,15-19H2,1H3,(H,29,36)(H,30,32). The summed E-state index contributed by atoms with van der Waals surface area (Å²) in [6, 6.07) is 24.9. The van der Waals surface area contributed by atoms with Crippen molar-refractivity contribution in [2.45, 2.75) is 13.5 Å². The number of carbonyl (C=O) groups excluding carboxylic acids is 2. The molecule has 0 saturated carbocycles. The summed E-state index contributed by atoms with van der Waals surface area (Å²) in [5.41, 5.74) is 3.45. The molecule has 0 bridgehead atoms. The molecule has 2 N–H and O–H groups in total. The van der Waals surface area contributed by atoms with Crippen molar-refractivity contribution in [1.82, 2.24) is 15.1 Å². The summed E-state index contributed by atoms with van der Waals surface area (Å²) in [6.45, 7) is 5.02. The number of carbonyl (C=O) groups is 2. The quantitative estimate of drug-likeness (QED) is 0.359. The fourth-order valence-electron chi connectivity index (χ4n) is 4.08. The second kappa shape index (κ2) is 11.5. The molecule has 1 aliphatic rings. The van der Waals surface area contributed by atoms with Gasteiger partial charge in [-0.1, -0.05) is 35.4 Å². The maximum absolute atomic E-state index is 12.6. The van der Waals surface area contributed by atoms with Gasteiger partial charge in [0.15, 0.2) is 0 Å². The summed E-state index contributed by atoms with van der Waals surface area (Å²) in [7, 11) is 0. The molecule has 0 spiro atoms. The van der Waals surface area contributed by atoms with Crippen LogP contribution in [-0.2, 0) is 11.4 Å². The number of nitrogens with zero attached hydrogens (tertiary/aromatic N) is 4. The van der Waals surface area contributed by atoms with Crippen LogP contribution in [0.5, 0.6) is 5.75 Å². The number of hydrogen-bond acceptors (Lipinski definition) is 8. The molecular weight excluding hydrogens is 484 g/mol. The van der Waals surface area contributed by atoms with Gasteiger partial charge in [0.1, 0.15) is 12.4 Å². The normalized spacial score (nSPS) is 13.2. The van der Waals surface area contributed by atoms with Crippen LogP contribution in [0.4, 0.5) is 23.1 Å². The Kier molecular flexibility index (Phi) is 7.49. The average molecular weight is 513 g/mol. The second-order valence-electron chi connectivity index (χ2n) is 8.83. The molecule has 5 rings (SSSR count). The number of benzene rings is 3. The Labute approximate surface area is 220 Å². The van der Waals surface area contributed by atoms with E-state index in [1.807, 2.05) is 83.8 Å². The van der Waals surface area contributed by atoms with Crippen LogP contribution in [0.3, 0.4) is 0 Å². The van der Waals surface area contributed by atoms with Crippen LogP contribution in [0.15, 0.2) is 83.3 Å². The number of anilines is 4. The summed E-state index contributed by atoms with van der Waals surface area (Å²) in [4.78, 5) is 28.2. The third kappa shape index (κ3) is 6.28. The summed E-state index contributed by atoms with van der Waals surface area (Å²) in [6.07, 6.45) is 0. The van der Waals surface area contributed by atoms with Gasteiger partial charge in [-0.25, -0.2) is 0 Å². The number of aromatic nitrogens is 2. The van der Waals surface area contributed by atoms with E-state index in [0.29, 0.717) is 31.1 Å². The van der Waals surface area contributed by atoms with E-state index in [1.165, 1.54) is 0 Å². The van der Waals surface area contributed by atoms with E-state index in [4.69, 9.17) is 9.15 Å². The molecule has 0 atom stereocenters. The van der Waals surface area contributed by atoms with E-state index >= 15 is 0 Å². The zero-order valence-corrected chi connectivity index (χ0v) is 21.0. The molecule has 38 heavy (non-hydrogen) atoms. The number of hydrogen-bond donors (Lipinski definition) is 2. The smallest absolute Gasteiger partial charge is 0.320 e. The van der Waals surface area contributed by atoms with Crippen LogP contribution < -0.4 is 20.3 Å². The Hall–Kier alpha value is -4.86. The van der Waals surface area contributed by atoms with Crippen molar-refractivity contribution >= 4 is 34.9 Å². The molecule has 1 aromatic heterocycles. The van der Waals surface area contributed by atoms with Gasteiger partial charge in [-0.05, 0) is 54.1 Å². The first-order valence-electron chi connectivity index (χ1n) is 12.3. The van der Waals surface area contributed by atoms with Crippen LogP contribution in [0, 0.1) is 0 Å². The number of nitrogens with one attached hydrogen (secondary N) is 2. The van der Waals surface area contributed by atoms with E-state index in [2.05, 4.69) is 25.7 Å². The minimum atomic E-state index is -0.502. The Balaban J connectivity index is 1.11. The first-order chi connectivity index (χ1) is 18.5. The predicted octanol–water partition coefficient (Wildman–Crippen LogP) is 4.31. The third-order valence-corrected chi connectivity index (χ3v) is 6.19. The maximum Gasteiger partial charge on any atom is 0.320 e. The molecule has 1 saturated heterocycles. The first-order valence-corrected chi connectivity index (χ1v) is 12.3. The van der Waals surface area contributed by atoms with E-state index in [1.54, 1.807) is 6.92 Å². The molecule has 1 aliphatic heterocycles. The van der Waals surface area contributed by atoms with Crippen molar-refractivity contribution in [3.63, 3.8) is 0 Å². The Morgan fingerprint density at radius 1 is 0.868 bits per heavy atom. The van der Waals surface area contributed by atoms with E-state index in [-0.39, 0.29) is 17.8 Å². The van der Waals surface area contributed by atoms with Gasteiger partial charge in [-0.3, -0.25) is 9.59 Å². The fraction of sp³-hybridized carbons (Fsp3) is 0.214.